The van der Waals surface area contributed by atoms with Crippen molar-refractivity contribution in [3.8, 4) is 16.3 Å². The zero-order valence-corrected chi connectivity index (χ0v) is 17.2. The molecule has 4 aromatic rings. The van der Waals surface area contributed by atoms with Gasteiger partial charge in [-0.05, 0) is 41.8 Å². The zero-order valence-electron chi connectivity index (χ0n) is 16.4. The molecule has 0 aliphatic rings. The Labute approximate surface area is 182 Å². The molecule has 0 atom stereocenters. The highest BCUT2D eigenvalue weighted by atomic mass is 32.1. The lowest BCUT2D eigenvalue weighted by atomic mass is 10.2. The number of nitrogens with one attached hydrogen (secondary N) is 1. The number of benzene rings is 1. The summed E-state index contributed by atoms with van der Waals surface area (Å²) < 4.78 is 11.9. The topological polar surface area (TPSA) is 86.4 Å². The lowest BCUT2D eigenvalue weighted by Crippen LogP contribution is -2.27. The first-order valence-corrected chi connectivity index (χ1v) is 10.4. The first kappa shape index (κ1) is 20.4. The Balaban J connectivity index is 1.41. The number of para-hydroxylation sites is 1. The van der Waals surface area contributed by atoms with E-state index in [2.05, 4.69) is 10.4 Å². The summed E-state index contributed by atoms with van der Waals surface area (Å²) in [5.41, 5.74) is 2.44. The number of rotatable bonds is 8. The van der Waals surface area contributed by atoms with Gasteiger partial charge in [0.15, 0.2) is 6.61 Å². The van der Waals surface area contributed by atoms with Crippen LogP contribution in [0.4, 0.5) is 0 Å². The van der Waals surface area contributed by atoms with Gasteiger partial charge in [-0.25, -0.2) is 9.48 Å². The molecule has 0 spiro atoms. The molecule has 0 saturated carbocycles. The second-order valence-electron chi connectivity index (χ2n) is 6.49. The van der Waals surface area contributed by atoms with Crippen molar-refractivity contribution in [1.82, 2.24) is 15.1 Å². The number of carbonyl (C=O) groups is 2. The normalized spacial score (nSPS) is 11.0. The minimum absolute atomic E-state index is 0.238. The van der Waals surface area contributed by atoms with Crippen molar-refractivity contribution >= 4 is 29.3 Å². The Kier molecular flexibility index (Phi) is 6.39. The fraction of sp³-hybridized carbons (Fsp3) is 0.0870. The highest BCUT2D eigenvalue weighted by Gasteiger charge is 2.12. The average molecular weight is 433 g/mol. The molecule has 0 fully saturated rings. The van der Waals surface area contributed by atoms with Gasteiger partial charge in [-0.2, -0.15) is 5.10 Å². The van der Waals surface area contributed by atoms with Crippen LogP contribution in [-0.2, 0) is 20.9 Å². The van der Waals surface area contributed by atoms with E-state index in [9.17, 15) is 9.59 Å². The van der Waals surface area contributed by atoms with Crippen LogP contribution < -0.4 is 5.32 Å². The molecule has 0 unspecified atom stereocenters. The Morgan fingerprint density at radius 3 is 2.74 bits per heavy atom. The molecule has 4 rings (SSSR count). The summed E-state index contributed by atoms with van der Waals surface area (Å²) in [6.07, 6.45) is 6.31. The Morgan fingerprint density at radius 2 is 2.00 bits per heavy atom. The molecule has 156 valence electrons. The molecule has 0 radical (unpaired) electrons. The van der Waals surface area contributed by atoms with Crippen LogP contribution >= 0.6 is 11.3 Å². The van der Waals surface area contributed by atoms with Crippen molar-refractivity contribution < 1.29 is 18.7 Å². The molecule has 31 heavy (non-hydrogen) atoms. The lowest BCUT2D eigenvalue weighted by Gasteiger charge is -2.03. The van der Waals surface area contributed by atoms with Crippen LogP contribution in [0.2, 0.25) is 0 Å². The second-order valence-corrected chi connectivity index (χ2v) is 7.44. The standard InChI is InChI=1S/C23H19N3O4S/c27-21(24-14-19-8-4-12-29-19)16-30-22(28)11-10-17-15-26(18-6-2-1-3-7-18)25-23(17)20-9-5-13-31-20/h1-13,15H,14,16H2,(H,24,27)/b11-10+. The molecule has 0 aliphatic carbocycles. The van der Waals surface area contributed by atoms with E-state index in [4.69, 9.17) is 9.15 Å². The van der Waals surface area contributed by atoms with E-state index >= 15 is 0 Å². The molecule has 0 saturated heterocycles. The minimum atomic E-state index is -0.613. The van der Waals surface area contributed by atoms with Crippen molar-refractivity contribution in [3.63, 3.8) is 0 Å². The summed E-state index contributed by atoms with van der Waals surface area (Å²) in [6, 6.07) is 17.1. The Bertz CT molecular complexity index is 1160. The predicted molar refractivity (Wildman–Crippen MR) is 117 cm³/mol. The van der Waals surface area contributed by atoms with Gasteiger partial charge in [-0.3, -0.25) is 4.79 Å². The SMILES string of the molecule is O=C(COC(=O)/C=C/c1cn(-c2ccccc2)nc1-c1cccs1)NCc1ccco1. The number of hydrogen-bond acceptors (Lipinski definition) is 6. The van der Waals surface area contributed by atoms with E-state index in [1.807, 2.05) is 54.0 Å². The first-order valence-electron chi connectivity index (χ1n) is 9.52. The molecule has 0 bridgehead atoms. The smallest absolute Gasteiger partial charge is 0.331 e. The molecule has 3 heterocycles. The average Bonchev–Trinajstić information content (AvgIpc) is 3.56. The molecule has 1 N–H and O–H groups in total. The number of ether oxygens (including phenoxy) is 1. The predicted octanol–water partition coefficient (Wildman–Crippen LogP) is 4.07. The van der Waals surface area contributed by atoms with Crippen molar-refractivity contribution in [2.24, 2.45) is 0 Å². The summed E-state index contributed by atoms with van der Waals surface area (Å²) in [7, 11) is 0. The van der Waals surface area contributed by atoms with Crippen molar-refractivity contribution in [1.29, 1.82) is 0 Å². The quantitative estimate of drug-likeness (QED) is 0.334. The molecule has 8 heteroatoms. The zero-order chi connectivity index (χ0) is 21.5. The third kappa shape index (κ3) is 5.37. The number of amides is 1. The number of carbonyl (C=O) groups excluding carboxylic acids is 2. The van der Waals surface area contributed by atoms with Gasteiger partial charge in [0.2, 0.25) is 0 Å². The molecule has 3 aromatic heterocycles. The van der Waals surface area contributed by atoms with Crippen molar-refractivity contribution in [2.45, 2.75) is 6.54 Å². The third-order valence-corrected chi connectivity index (χ3v) is 5.18. The number of thiophene rings is 1. The summed E-state index contributed by atoms with van der Waals surface area (Å²) in [4.78, 5) is 24.9. The van der Waals surface area contributed by atoms with E-state index in [0.717, 1.165) is 21.8 Å². The molecule has 7 nitrogen and oxygen atoms in total. The lowest BCUT2D eigenvalue weighted by molar-refractivity contribution is -0.143. The van der Waals surface area contributed by atoms with E-state index in [1.54, 1.807) is 34.2 Å². The monoisotopic (exact) mass is 433 g/mol. The van der Waals surface area contributed by atoms with Gasteiger partial charge in [0.05, 0.1) is 23.4 Å². The van der Waals surface area contributed by atoms with Crippen LogP contribution in [0.5, 0.6) is 0 Å². The summed E-state index contributed by atoms with van der Waals surface area (Å²) in [5.74, 6) is -0.400. The number of hydrogen-bond donors (Lipinski definition) is 1. The maximum atomic E-state index is 12.1. The van der Waals surface area contributed by atoms with Gasteiger partial charge in [-0.15, -0.1) is 11.3 Å². The van der Waals surface area contributed by atoms with Crippen LogP contribution in [0.25, 0.3) is 22.3 Å². The van der Waals surface area contributed by atoms with Crippen LogP contribution in [0.15, 0.2) is 82.9 Å². The van der Waals surface area contributed by atoms with Crippen LogP contribution in [-0.4, -0.2) is 28.3 Å². The number of aromatic nitrogens is 2. The van der Waals surface area contributed by atoms with E-state index in [1.165, 1.54) is 12.3 Å². The summed E-state index contributed by atoms with van der Waals surface area (Å²) >= 11 is 1.56. The van der Waals surface area contributed by atoms with Crippen molar-refractivity contribution in [2.75, 3.05) is 6.61 Å². The molecule has 0 aliphatic heterocycles. The van der Waals surface area contributed by atoms with Gasteiger partial charge < -0.3 is 14.5 Å². The van der Waals surface area contributed by atoms with Gasteiger partial charge in [0, 0.05) is 17.8 Å². The maximum absolute atomic E-state index is 12.1. The number of furan rings is 1. The van der Waals surface area contributed by atoms with Gasteiger partial charge >= 0.3 is 5.97 Å². The number of nitrogens with zero attached hydrogens (tertiary/aromatic N) is 2. The van der Waals surface area contributed by atoms with Crippen LogP contribution in [0.1, 0.15) is 11.3 Å². The summed E-state index contributed by atoms with van der Waals surface area (Å²) in [5, 5.41) is 9.26. The fourth-order valence-corrected chi connectivity index (χ4v) is 3.55. The van der Waals surface area contributed by atoms with Gasteiger partial charge in [0.25, 0.3) is 5.91 Å². The molecule has 1 aromatic carbocycles. The first-order chi connectivity index (χ1) is 15.2. The van der Waals surface area contributed by atoms with E-state index in [0.29, 0.717) is 5.76 Å². The molecule has 1 amide bonds. The Hall–Kier alpha value is -3.91. The van der Waals surface area contributed by atoms with E-state index < -0.39 is 11.9 Å². The van der Waals surface area contributed by atoms with Crippen molar-refractivity contribution in [3.05, 3.63) is 89.8 Å². The molecular weight excluding hydrogens is 414 g/mol. The molecular formula is C23H19N3O4S. The van der Waals surface area contributed by atoms with Crippen LogP contribution in [0, 0.1) is 0 Å². The number of esters is 1. The highest BCUT2D eigenvalue weighted by Crippen LogP contribution is 2.28. The summed E-state index contributed by atoms with van der Waals surface area (Å²) in [6.45, 7) is -0.132. The van der Waals surface area contributed by atoms with E-state index in [-0.39, 0.29) is 13.2 Å². The third-order valence-electron chi connectivity index (χ3n) is 4.30. The van der Waals surface area contributed by atoms with Gasteiger partial charge in [0.1, 0.15) is 11.5 Å². The largest absolute Gasteiger partial charge is 0.467 e. The van der Waals surface area contributed by atoms with Gasteiger partial charge in [-0.1, -0.05) is 24.3 Å². The second kappa shape index (κ2) is 9.73. The minimum Gasteiger partial charge on any atom is -0.467 e. The maximum Gasteiger partial charge on any atom is 0.331 e. The van der Waals surface area contributed by atoms with Crippen LogP contribution in [0.3, 0.4) is 0 Å². The fourth-order valence-electron chi connectivity index (χ4n) is 2.82. The Morgan fingerprint density at radius 1 is 1.13 bits per heavy atom. The highest BCUT2D eigenvalue weighted by molar-refractivity contribution is 7.13.